The first kappa shape index (κ1) is 13.1. The van der Waals surface area contributed by atoms with Crippen molar-refractivity contribution >= 4 is 5.82 Å². The minimum Gasteiger partial charge on any atom is -0.373 e. The van der Waals surface area contributed by atoms with Crippen LogP contribution in [-0.2, 0) is 4.74 Å². The highest BCUT2D eigenvalue weighted by atomic mass is 16.5. The van der Waals surface area contributed by atoms with Crippen LogP contribution in [0, 0.1) is 5.92 Å². The second kappa shape index (κ2) is 6.48. The molecular formula is C16H19N3O. The fourth-order valence-corrected chi connectivity index (χ4v) is 2.69. The first-order chi connectivity index (χ1) is 9.93. The number of hydrogen-bond donors (Lipinski definition) is 1. The molecule has 1 aromatic heterocycles. The number of nitrogens with one attached hydrogen (secondary N) is 1. The minimum absolute atomic E-state index is 0.175. The molecule has 1 N–H and O–H groups in total. The van der Waals surface area contributed by atoms with Gasteiger partial charge in [0.1, 0.15) is 5.82 Å². The Morgan fingerprint density at radius 1 is 1.20 bits per heavy atom. The summed E-state index contributed by atoms with van der Waals surface area (Å²) in [5.41, 5.74) is 1.26. The van der Waals surface area contributed by atoms with E-state index in [1.54, 1.807) is 18.6 Å². The number of hydrogen-bond acceptors (Lipinski definition) is 4. The minimum atomic E-state index is 0.175. The Hall–Kier alpha value is -1.94. The monoisotopic (exact) mass is 269 g/mol. The molecule has 1 aromatic carbocycles. The van der Waals surface area contributed by atoms with E-state index in [1.807, 2.05) is 6.07 Å². The van der Waals surface area contributed by atoms with Gasteiger partial charge in [0.05, 0.1) is 12.3 Å². The summed E-state index contributed by atoms with van der Waals surface area (Å²) in [6.45, 7) is 1.71. The molecule has 3 rings (SSSR count). The zero-order valence-electron chi connectivity index (χ0n) is 11.4. The van der Waals surface area contributed by atoms with Crippen molar-refractivity contribution in [3.8, 4) is 0 Å². The molecule has 2 aromatic rings. The molecule has 20 heavy (non-hydrogen) atoms. The number of benzene rings is 1. The van der Waals surface area contributed by atoms with Gasteiger partial charge in [-0.15, -0.1) is 0 Å². The Labute approximate surface area is 119 Å². The molecule has 0 radical (unpaired) electrons. The maximum Gasteiger partial charge on any atom is 0.144 e. The molecule has 4 heteroatoms. The van der Waals surface area contributed by atoms with Crippen molar-refractivity contribution in [1.29, 1.82) is 0 Å². The number of rotatable bonds is 4. The fraction of sp³-hybridized carbons (Fsp3) is 0.375. The van der Waals surface area contributed by atoms with Crippen molar-refractivity contribution in [3.63, 3.8) is 0 Å². The normalized spacial score (nSPS) is 22.4. The van der Waals surface area contributed by atoms with Crippen LogP contribution < -0.4 is 5.32 Å². The van der Waals surface area contributed by atoms with E-state index in [-0.39, 0.29) is 6.10 Å². The summed E-state index contributed by atoms with van der Waals surface area (Å²) in [5.74, 6) is 1.29. The second-order valence-corrected chi connectivity index (χ2v) is 5.08. The number of anilines is 1. The summed E-state index contributed by atoms with van der Waals surface area (Å²) >= 11 is 0. The topological polar surface area (TPSA) is 47.0 Å². The molecule has 2 atom stereocenters. The SMILES string of the molecule is c1ccc(C2OCCCC2CNc2cnccn2)cc1. The highest BCUT2D eigenvalue weighted by Gasteiger charge is 2.27. The largest absolute Gasteiger partial charge is 0.373 e. The third kappa shape index (κ3) is 3.14. The van der Waals surface area contributed by atoms with Crippen molar-refractivity contribution in [3.05, 3.63) is 54.5 Å². The lowest BCUT2D eigenvalue weighted by Crippen LogP contribution is -2.28. The first-order valence-corrected chi connectivity index (χ1v) is 7.10. The van der Waals surface area contributed by atoms with Gasteiger partial charge in [0.2, 0.25) is 0 Å². The van der Waals surface area contributed by atoms with E-state index in [2.05, 4.69) is 39.6 Å². The Morgan fingerprint density at radius 2 is 2.10 bits per heavy atom. The predicted molar refractivity (Wildman–Crippen MR) is 78.4 cm³/mol. The van der Waals surface area contributed by atoms with Gasteiger partial charge in [0.15, 0.2) is 0 Å². The highest BCUT2D eigenvalue weighted by Crippen LogP contribution is 2.33. The van der Waals surface area contributed by atoms with Gasteiger partial charge in [-0.05, 0) is 18.4 Å². The van der Waals surface area contributed by atoms with Gasteiger partial charge in [-0.25, -0.2) is 4.98 Å². The Kier molecular flexibility index (Phi) is 4.23. The van der Waals surface area contributed by atoms with E-state index in [0.717, 1.165) is 25.4 Å². The summed E-state index contributed by atoms with van der Waals surface area (Å²) in [6, 6.07) is 10.5. The van der Waals surface area contributed by atoms with Crippen LogP contribution in [0.4, 0.5) is 5.82 Å². The summed E-state index contributed by atoms with van der Waals surface area (Å²) in [4.78, 5) is 8.32. The molecule has 0 aliphatic carbocycles. The lowest BCUT2D eigenvalue weighted by Gasteiger charge is -2.32. The van der Waals surface area contributed by atoms with Crippen molar-refractivity contribution < 1.29 is 4.74 Å². The van der Waals surface area contributed by atoms with Gasteiger partial charge in [-0.2, -0.15) is 0 Å². The molecule has 2 unspecified atom stereocenters. The van der Waals surface area contributed by atoms with E-state index >= 15 is 0 Å². The maximum atomic E-state index is 5.99. The van der Waals surface area contributed by atoms with E-state index in [4.69, 9.17) is 4.74 Å². The molecule has 0 bridgehead atoms. The van der Waals surface area contributed by atoms with Gasteiger partial charge in [-0.1, -0.05) is 30.3 Å². The van der Waals surface area contributed by atoms with E-state index in [1.165, 1.54) is 12.0 Å². The van der Waals surface area contributed by atoms with Crippen molar-refractivity contribution in [2.75, 3.05) is 18.5 Å². The summed E-state index contributed by atoms with van der Waals surface area (Å²) in [6.07, 6.45) is 7.61. The molecule has 0 saturated carbocycles. The molecule has 1 fully saturated rings. The van der Waals surface area contributed by atoms with E-state index in [9.17, 15) is 0 Å². The smallest absolute Gasteiger partial charge is 0.144 e. The van der Waals surface area contributed by atoms with Crippen LogP contribution in [0.15, 0.2) is 48.9 Å². The van der Waals surface area contributed by atoms with Crippen LogP contribution in [0.2, 0.25) is 0 Å². The van der Waals surface area contributed by atoms with Gasteiger partial charge in [0.25, 0.3) is 0 Å². The van der Waals surface area contributed by atoms with Crippen LogP contribution in [0.3, 0.4) is 0 Å². The zero-order valence-corrected chi connectivity index (χ0v) is 11.4. The number of aromatic nitrogens is 2. The number of nitrogens with zero attached hydrogens (tertiary/aromatic N) is 2. The van der Waals surface area contributed by atoms with Crippen LogP contribution in [-0.4, -0.2) is 23.1 Å². The Morgan fingerprint density at radius 3 is 2.90 bits per heavy atom. The molecule has 0 spiro atoms. The summed E-state index contributed by atoms with van der Waals surface area (Å²) in [5, 5.41) is 3.36. The third-order valence-corrected chi connectivity index (χ3v) is 3.68. The van der Waals surface area contributed by atoms with Crippen LogP contribution in [0.5, 0.6) is 0 Å². The fourth-order valence-electron chi connectivity index (χ4n) is 2.69. The standard InChI is InChI=1S/C16H19N3O/c1-2-5-13(6-3-1)16-14(7-4-10-20-16)11-19-15-12-17-8-9-18-15/h1-3,5-6,8-9,12,14,16H,4,7,10-11H2,(H,18,19). The second-order valence-electron chi connectivity index (χ2n) is 5.08. The van der Waals surface area contributed by atoms with E-state index in [0.29, 0.717) is 5.92 Å². The van der Waals surface area contributed by atoms with Crippen LogP contribution >= 0.6 is 0 Å². The average Bonchev–Trinajstić information content (AvgIpc) is 2.55. The predicted octanol–water partition coefficient (Wildman–Crippen LogP) is 3.06. The molecule has 104 valence electrons. The molecular weight excluding hydrogens is 250 g/mol. The van der Waals surface area contributed by atoms with Crippen molar-refractivity contribution in [2.24, 2.45) is 5.92 Å². The average molecular weight is 269 g/mol. The van der Waals surface area contributed by atoms with Gasteiger partial charge in [-0.3, -0.25) is 4.98 Å². The van der Waals surface area contributed by atoms with Crippen LogP contribution in [0.25, 0.3) is 0 Å². The quantitative estimate of drug-likeness (QED) is 0.926. The first-order valence-electron chi connectivity index (χ1n) is 7.10. The highest BCUT2D eigenvalue weighted by molar-refractivity contribution is 5.30. The van der Waals surface area contributed by atoms with Crippen LogP contribution in [0.1, 0.15) is 24.5 Å². The molecule has 0 amide bonds. The van der Waals surface area contributed by atoms with Crippen molar-refractivity contribution in [1.82, 2.24) is 9.97 Å². The summed E-state index contributed by atoms with van der Waals surface area (Å²) < 4.78 is 5.99. The lowest BCUT2D eigenvalue weighted by atomic mass is 9.89. The van der Waals surface area contributed by atoms with Gasteiger partial charge in [0, 0.05) is 31.5 Å². The van der Waals surface area contributed by atoms with Crippen molar-refractivity contribution in [2.45, 2.75) is 18.9 Å². The Balaban J connectivity index is 1.67. The summed E-state index contributed by atoms with van der Waals surface area (Å²) in [7, 11) is 0. The lowest BCUT2D eigenvalue weighted by molar-refractivity contribution is -0.0238. The zero-order chi connectivity index (χ0) is 13.6. The van der Waals surface area contributed by atoms with Gasteiger partial charge < -0.3 is 10.1 Å². The molecule has 4 nitrogen and oxygen atoms in total. The third-order valence-electron chi connectivity index (χ3n) is 3.68. The number of ether oxygens (including phenoxy) is 1. The van der Waals surface area contributed by atoms with Gasteiger partial charge >= 0.3 is 0 Å². The molecule has 2 heterocycles. The maximum absolute atomic E-state index is 5.99. The Bertz CT molecular complexity index is 518. The molecule has 1 aliphatic rings. The van der Waals surface area contributed by atoms with E-state index < -0.39 is 0 Å². The molecule has 1 aliphatic heterocycles. The molecule has 1 saturated heterocycles.